The number of fused-ring (bicyclic) bond motifs is 1. The molecule has 1 amide bonds. The Morgan fingerprint density at radius 1 is 1.29 bits per heavy atom. The van der Waals surface area contributed by atoms with Crippen LogP contribution in [0.4, 0.5) is 5.69 Å². The number of sulfonamides is 1. The minimum Gasteiger partial charge on any atom is -0.322 e. The molecule has 0 unspecified atom stereocenters. The molecule has 0 saturated carbocycles. The van der Waals surface area contributed by atoms with Gasteiger partial charge in [0, 0.05) is 36.4 Å². The summed E-state index contributed by atoms with van der Waals surface area (Å²) in [5, 5.41) is 4.25. The third-order valence-electron chi connectivity index (χ3n) is 4.12. The predicted octanol–water partition coefficient (Wildman–Crippen LogP) is 1.48. The summed E-state index contributed by atoms with van der Waals surface area (Å²) in [6, 6.07) is 5.79. The summed E-state index contributed by atoms with van der Waals surface area (Å²) in [7, 11) is -3.80. The van der Waals surface area contributed by atoms with E-state index in [1.54, 1.807) is 5.38 Å². The lowest BCUT2D eigenvalue weighted by Gasteiger charge is -2.10. The summed E-state index contributed by atoms with van der Waals surface area (Å²) in [6.07, 6.45) is 4.14. The maximum Gasteiger partial charge on any atom is 0.271 e. The van der Waals surface area contributed by atoms with Gasteiger partial charge in [-0.1, -0.05) is 6.07 Å². The second kappa shape index (κ2) is 7.17. The number of nitrogens with one attached hydrogen (secondary N) is 2. The van der Waals surface area contributed by atoms with Crippen molar-refractivity contribution in [1.82, 2.24) is 14.1 Å². The van der Waals surface area contributed by atoms with Crippen LogP contribution in [0.25, 0.3) is 4.96 Å². The number of amides is 1. The monoisotopic (exact) mass is 417 g/mol. The summed E-state index contributed by atoms with van der Waals surface area (Å²) in [5.74, 6) is -0.238. The number of carbonyl (C=O) groups excluding carboxylic acids is 1. The zero-order valence-corrected chi connectivity index (χ0v) is 16.1. The lowest BCUT2D eigenvalue weighted by atomic mass is 10.2. The van der Waals surface area contributed by atoms with Crippen LogP contribution in [0.2, 0.25) is 0 Å². The molecule has 1 aromatic carbocycles. The van der Waals surface area contributed by atoms with Gasteiger partial charge in [-0.2, -0.15) is 0 Å². The molecule has 9 nitrogen and oxygen atoms in total. The minimum absolute atomic E-state index is 0.0111. The first-order chi connectivity index (χ1) is 13.4. The summed E-state index contributed by atoms with van der Waals surface area (Å²) in [6.45, 7) is 0.603. The molecule has 0 atom stereocenters. The van der Waals surface area contributed by atoms with Crippen LogP contribution in [-0.4, -0.2) is 36.1 Å². The van der Waals surface area contributed by atoms with Gasteiger partial charge in [0.05, 0.1) is 4.90 Å². The van der Waals surface area contributed by atoms with Crippen LogP contribution in [-0.2, 0) is 10.0 Å². The Balaban J connectivity index is 1.58. The topological polar surface area (TPSA) is 122 Å². The van der Waals surface area contributed by atoms with Crippen molar-refractivity contribution in [2.24, 2.45) is 4.99 Å². The van der Waals surface area contributed by atoms with Crippen LogP contribution < -0.4 is 15.6 Å². The van der Waals surface area contributed by atoms with Gasteiger partial charge in [0.2, 0.25) is 0 Å². The van der Waals surface area contributed by atoms with Crippen molar-refractivity contribution in [3.05, 3.63) is 58.0 Å². The van der Waals surface area contributed by atoms with Crippen LogP contribution in [0.5, 0.6) is 0 Å². The number of nitrogens with zero attached hydrogens (tertiary/aromatic N) is 3. The molecule has 2 N–H and O–H groups in total. The molecule has 0 spiro atoms. The molecule has 2 aromatic heterocycles. The summed E-state index contributed by atoms with van der Waals surface area (Å²) in [4.78, 5) is 33.5. The summed E-state index contributed by atoms with van der Waals surface area (Å²) in [5.41, 5.74) is -0.382. The normalized spacial score (nSPS) is 14.1. The van der Waals surface area contributed by atoms with Gasteiger partial charge in [0.25, 0.3) is 21.5 Å². The van der Waals surface area contributed by atoms with E-state index >= 15 is 0 Å². The van der Waals surface area contributed by atoms with Crippen LogP contribution in [0.1, 0.15) is 23.2 Å². The van der Waals surface area contributed by atoms with E-state index in [9.17, 15) is 18.0 Å². The van der Waals surface area contributed by atoms with Gasteiger partial charge in [-0.05, 0) is 24.6 Å². The minimum atomic E-state index is -3.80. The molecule has 11 heteroatoms. The van der Waals surface area contributed by atoms with Crippen LogP contribution in [0, 0.1) is 0 Å². The van der Waals surface area contributed by atoms with Gasteiger partial charge < -0.3 is 5.32 Å². The molecule has 3 aromatic rings. The summed E-state index contributed by atoms with van der Waals surface area (Å²) < 4.78 is 28.7. The van der Waals surface area contributed by atoms with Crippen molar-refractivity contribution in [2.75, 3.05) is 11.9 Å². The molecule has 1 aliphatic rings. The molecule has 0 fully saturated rings. The third-order valence-corrected chi connectivity index (χ3v) is 6.27. The average molecular weight is 417 g/mol. The van der Waals surface area contributed by atoms with Crippen LogP contribution in [0.15, 0.2) is 56.7 Å². The SMILES string of the molecule is O=C(Nc1cccc(S(=O)(=O)NC2=NCCC2)c1)c1cnc2sccn2c1=O. The molecule has 3 heterocycles. The Morgan fingerprint density at radius 2 is 2.14 bits per heavy atom. The third kappa shape index (κ3) is 3.53. The van der Waals surface area contributed by atoms with E-state index in [0.29, 0.717) is 23.8 Å². The number of amidine groups is 1. The molecular weight excluding hydrogens is 402 g/mol. The van der Waals surface area contributed by atoms with Crippen molar-refractivity contribution < 1.29 is 13.2 Å². The van der Waals surface area contributed by atoms with Crippen molar-refractivity contribution in [2.45, 2.75) is 17.7 Å². The lowest BCUT2D eigenvalue weighted by molar-refractivity contribution is 0.102. The van der Waals surface area contributed by atoms with E-state index in [2.05, 4.69) is 20.0 Å². The van der Waals surface area contributed by atoms with Gasteiger partial charge in [-0.15, -0.1) is 11.3 Å². The number of anilines is 1. The first-order valence-corrected chi connectivity index (χ1v) is 10.7. The van der Waals surface area contributed by atoms with E-state index in [-0.39, 0.29) is 16.1 Å². The molecule has 0 saturated heterocycles. The Bertz CT molecular complexity index is 1260. The molecule has 144 valence electrons. The highest BCUT2D eigenvalue weighted by Gasteiger charge is 2.19. The van der Waals surface area contributed by atoms with E-state index in [1.165, 1.54) is 52.4 Å². The number of hydrogen-bond acceptors (Lipinski definition) is 7. The average Bonchev–Trinajstić information content (AvgIpc) is 3.34. The lowest BCUT2D eigenvalue weighted by Crippen LogP contribution is -2.29. The number of aromatic nitrogens is 2. The fourth-order valence-electron chi connectivity index (χ4n) is 2.76. The Hall–Kier alpha value is -3.05. The number of aliphatic imine (C=N–C) groups is 1. The molecule has 0 aliphatic carbocycles. The number of rotatable bonds is 4. The standard InChI is InChI=1S/C17H15N5O4S2/c23-15(13-10-19-17-22(16(13)24)7-8-27-17)20-11-3-1-4-12(9-11)28(25,26)21-14-5-2-6-18-14/h1,3-4,7-10H,2,5-6H2,(H,18,21)(H,20,23). The Kier molecular flexibility index (Phi) is 4.69. The van der Waals surface area contributed by atoms with Crippen molar-refractivity contribution in [3.8, 4) is 0 Å². The highest BCUT2D eigenvalue weighted by atomic mass is 32.2. The highest BCUT2D eigenvalue weighted by molar-refractivity contribution is 7.90. The molecule has 4 rings (SSSR count). The van der Waals surface area contributed by atoms with Gasteiger partial charge in [0.1, 0.15) is 11.4 Å². The maximum atomic E-state index is 12.5. The van der Waals surface area contributed by atoms with E-state index in [1.807, 2.05) is 0 Å². The Labute approximate surface area is 163 Å². The van der Waals surface area contributed by atoms with Crippen molar-refractivity contribution in [3.63, 3.8) is 0 Å². The molecular formula is C17H15N5O4S2. The van der Waals surface area contributed by atoms with Crippen LogP contribution in [0.3, 0.4) is 0 Å². The largest absolute Gasteiger partial charge is 0.322 e. The van der Waals surface area contributed by atoms with Gasteiger partial charge >= 0.3 is 0 Å². The van der Waals surface area contributed by atoms with Crippen molar-refractivity contribution in [1.29, 1.82) is 0 Å². The molecule has 28 heavy (non-hydrogen) atoms. The van der Waals surface area contributed by atoms with E-state index in [4.69, 9.17) is 0 Å². The molecule has 1 aliphatic heterocycles. The summed E-state index contributed by atoms with van der Waals surface area (Å²) >= 11 is 1.28. The highest BCUT2D eigenvalue weighted by Crippen LogP contribution is 2.17. The zero-order valence-electron chi connectivity index (χ0n) is 14.5. The van der Waals surface area contributed by atoms with Gasteiger partial charge in [-0.25, -0.2) is 13.4 Å². The number of hydrogen-bond donors (Lipinski definition) is 2. The number of thiazole rings is 1. The fourth-order valence-corrected chi connectivity index (χ4v) is 4.57. The maximum absolute atomic E-state index is 12.5. The molecule has 0 radical (unpaired) electrons. The van der Waals surface area contributed by atoms with Crippen LogP contribution >= 0.6 is 11.3 Å². The number of benzene rings is 1. The second-order valence-corrected chi connectivity index (χ2v) is 8.61. The number of carbonyl (C=O) groups is 1. The van der Waals surface area contributed by atoms with E-state index < -0.39 is 21.5 Å². The van der Waals surface area contributed by atoms with E-state index in [0.717, 1.165) is 6.42 Å². The fraction of sp³-hybridized carbons (Fsp3) is 0.176. The quantitative estimate of drug-likeness (QED) is 0.666. The predicted molar refractivity (Wildman–Crippen MR) is 106 cm³/mol. The second-order valence-electron chi connectivity index (χ2n) is 6.05. The first kappa shape index (κ1) is 18.3. The van der Waals surface area contributed by atoms with Crippen molar-refractivity contribution >= 4 is 43.8 Å². The van der Waals surface area contributed by atoms with Gasteiger partial charge in [-0.3, -0.25) is 23.7 Å². The first-order valence-electron chi connectivity index (χ1n) is 8.36. The Morgan fingerprint density at radius 3 is 2.93 bits per heavy atom. The smallest absolute Gasteiger partial charge is 0.271 e. The zero-order chi connectivity index (χ0) is 19.7. The van der Waals surface area contributed by atoms with Gasteiger partial charge in [0.15, 0.2) is 4.96 Å². The molecule has 0 bridgehead atoms.